The number of aromatic nitrogens is 1. The number of carbonyl (C=O) groups excluding carboxylic acids is 1. The van der Waals surface area contributed by atoms with Crippen molar-refractivity contribution in [3.8, 4) is 0 Å². The Labute approximate surface area is 96.0 Å². The zero-order chi connectivity index (χ0) is 10.7. The lowest BCUT2D eigenvalue weighted by Gasteiger charge is -1.87. The largest absolute Gasteiger partial charge is 0.282 e. The predicted octanol–water partition coefficient (Wildman–Crippen LogP) is 3.49. The van der Waals surface area contributed by atoms with Crippen LogP contribution in [0.1, 0.15) is 6.92 Å². The van der Waals surface area contributed by atoms with Gasteiger partial charge in [-0.3, -0.25) is 4.79 Å². The van der Waals surface area contributed by atoms with E-state index in [1.165, 1.54) is 11.8 Å². The summed E-state index contributed by atoms with van der Waals surface area (Å²) in [6, 6.07) is 7.89. The van der Waals surface area contributed by atoms with Gasteiger partial charge in [0.05, 0.1) is 10.2 Å². The lowest BCUT2D eigenvalue weighted by atomic mass is 10.3. The molecule has 0 saturated heterocycles. The second-order valence-electron chi connectivity index (χ2n) is 2.87. The minimum atomic E-state index is 0.0246. The normalized spacial score (nSPS) is 11.3. The molecule has 1 heterocycles. The molecule has 15 heavy (non-hydrogen) atoms. The number of thiazole rings is 1. The molecule has 4 heteroatoms. The first-order valence-electron chi connectivity index (χ1n) is 4.49. The van der Waals surface area contributed by atoms with Gasteiger partial charge in [0, 0.05) is 0 Å². The maximum Gasteiger partial charge on any atom is 0.218 e. The number of hydrogen-bond donors (Lipinski definition) is 0. The summed E-state index contributed by atoms with van der Waals surface area (Å²) in [5.41, 5.74) is 0.957. The van der Waals surface area contributed by atoms with Crippen molar-refractivity contribution in [3.63, 3.8) is 0 Å². The second-order valence-corrected chi connectivity index (χ2v) is 5.15. The molecule has 0 bridgehead atoms. The molecule has 0 amide bonds. The van der Waals surface area contributed by atoms with Gasteiger partial charge in [-0.15, -0.1) is 11.3 Å². The molecule has 0 radical (unpaired) electrons. The fourth-order valence-electron chi connectivity index (χ4n) is 1.15. The SMILES string of the molecule is C/C=C/C(=O)Sc1nc2ccccc2s1. The summed E-state index contributed by atoms with van der Waals surface area (Å²) in [7, 11) is 0. The number of hydrogen-bond acceptors (Lipinski definition) is 4. The Morgan fingerprint density at radius 1 is 1.47 bits per heavy atom. The zero-order valence-corrected chi connectivity index (χ0v) is 9.77. The van der Waals surface area contributed by atoms with E-state index >= 15 is 0 Å². The molecule has 0 fully saturated rings. The molecule has 0 spiro atoms. The van der Waals surface area contributed by atoms with Crippen LogP contribution in [-0.2, 0) is 4.79 Å². The molecule has 2 nitrogen and oxygen atoms in total. The van der Waals surface area contributed by atoms with Gasteiger partial charge in [0.2, 0.25) is 5.12 Å². The van der Waals surface area contributed by atoms with Crippen LogP contribution in [0.25, 0.3) is 10.2 Å². The Balaban J connectivity index is 2.26. The van der Waals surface area contributed by atoms with E-state index < -0.39 is 0 Å². The van der Waals surface area contributed by atoms with E-state index in [4.69, 9.17) is 0 Å². The van der Waals surface area contributed by atoms with Crippen LogP contribution in [0.2, 0.25) is 0 Å². The zero-order valence-electron chi connectivity index (χ0n) is 8.14. The van der Waals surface area contributed by atoms with Gasteiger partial charge in [-0.1, -0.05) is 18.2 Å². The minimum Gasteiger partial charge on any atom is -0.282 e. The Hall–Kier alpha value is -1.13. The number of carbonyl (C=O) groups is 1. The molecular weight excluding hydrogens is 226 g/mol. The number of rotatable bonds is 2. The summed E-state index contributed by atoms with van der Waals surface area (Å²) in [5.74, 6) is 0. The first kappa shape index (κ1) is 10.4. The second kappa shape index (κ2) is 4.59. The molecule has 1 aromatic carbocycles. The molecule has 0 aliphatic carbocycles. The van der Waals surface area contributed by atoms with Gasteiger partial charge in [-0.05, 0) is 36.9 Å². The topological polar surface area (TPSA) is 30.0 Å². The quantitative estimate of drug-likeness (QED) is 0.589. The molecule has 1 aromatic heterocycles. The van der Waals surface area contributed by atoms with Crippen molar-refractivity contribution in [2.45, 2.75) is 11.3 Å². The van der Waals surface area contributed by atoms with Crippen LogP contribution in [0.15, 0.2) is 40.8 Å². The fraction of sp³-hybridized carbons (Fsp3) is 0.0909. The van der Waals surface area contributed by atoms with Gasteiger partial charge in [0.15, 0.2) is 4.34 Å². The van der Waals surface area contributed by atoms with Crippen molar-refractivity contribution in [2.24, 2.45) is 0 Å². The van der Waals surface area contributed by atoms with Crippen LogP contribution in [-0.4, -0.2) is 10.1 Å². The van der Waals surface area contributed by atoms with Crippen LogP contribution in [0.3, 0.4) is 0 Å². The summed E-state index contributed by atoms with van der Waals surface area (Å²) in [6.07, 6.45) is 3.29. The lowest BCUT2D eigenvalue weighted by molar-refractivity contribution is -0.107. The number of allylic oxidation sites excluding steroid dienone is 1. The average Bonchev–Trinajstić information content (AvgIpc) is 2.59. The third-order valence-electron chi connectivity index (χ3n) is 1.76. The molecule has 2 aromatic rings. The van der Waals surface area contributed by atoms with Gasteiger partial charge in [0.1, 0.15) is 0 Å². The first-order valence-corrected chi connectivity index (χ1v) is 6.13. The van der Waals surface area contributed by atoms with Crippen LogP contribution in [0.4, 0.5) is 0 Å². The van der Waals surface area contributed by atoms with E-state index in [1.807, 2.05) is 31.2 Å². The van der Waals surface area contributed by atoms with Crippen molar-refractivity contribution in [1.82, 2.24) is 4.98 Å². The first-order chi connectivity index (χ1) is 7.29. The molecule has 0 saturated carbocycles. The Morgan fingerprint density at radius 2 is 2.27 bits per heavy atom. The molecule has 0 N–H and O–H groups in total. The van der Waals surface area contributed by atoms with E-state index in [1.54, 1.807) is 23.5 Å². The highest BCUT2D eigenvalue weighted by Crippen LogP contribution is 2.29. The molecule has 0 unspecified atom stereocenters. The monoisotopic (exact) mass is 235 g/mol. The molecule has 2 rings (SSSR count). The lowest BCUT2D eigenvalue weighted by Crippen LogP contribution is -1.82. The number of thioether (sulfide) groups is 1. The van der Waals surface area contributed by atoms with Crippen molar-refractivity contribution in [3.05, 3.63) is 36.4 Å². The van der Waals surface area contributed by atoms with E-state index in [9.17, 15) is 4.79 Å². The standard InChI is InChI=1S/C11H9NOS2/c1-2-5-10(13)15-11-12-8-6-3-4-7-9(8)14-11/h2-7H,1H3/b5-2+. The highest BCUT2D eigenvalue weighted by Gasteiger charge is 2.06. The van der Waals surface area contributed by atoms with E-state index in [0.29, 0.717) is 0 Å². The predicted molar refractivity (Wildman–Crippen MR) is 65.3 cm³/mol. The molecule has 0 aliphatic rings. The highest BCUT2D eigenvalue weighted by molar-refractivity contribution is 8.15. The Morgan fingerprint density at radius 3 is 3.00 bits per heavy atom. The van der Waals surface area contributed by atoms with E-state index in [0.717, 1.165) is 14.6 Å². The van der Waals surface area contributed by atoms with Gasteiger partial charge < -0.3 is 0 Å². The molecule has 76 valence electrons. The van der Waals surface area contributed by atoms with Crippen molar-refractivity contribution in [2.75, 3.05) is 0 Å². The minimum absolute atomic E-state index is 0.0246. The summed E-state index contributed by atoms with van der Waals surface area (Å²) < 4.78 is 1.92. The van der Waals surface area contributed by atoms with Crippen molar-refractivity contribution < 1.29 is 4.79 Å². The number of para-hydroxylation sites is 1. The smallest absolute Gasteiger partial charge is 0.218 e. The van der Waals surface area contributed by atoms with Gasteiger partial charge >= 0.3 is 0 Å². The summed E-state index contributed by atoms with van der Waals surface area (Å²) >= 11 is 2.72. The number of nitrogens with zero attached hydrogens (tertiary/aromatic N) is 1. The third kappa shape index (κ3) is 2.46. The van der Waals surface area contributed by atoms with Crippen molar-refractivity contribution >= 4 is 38.4 Å². The van der Waals surface area contributed by atoms with E-state index in [-0.39, 0.29) is 5.12 Å². The fourth-order valence-corrected chi connectivity index (χ4v) is 3.05. The van der Waals surface area contributed by atoms with Gasteiger partial charge in [-0.2, -0.15) is 0 Å². The summed E-state index contributed by atoms with van der Waals surface area (Å²) in [5, 5.41) is 0.0246. The maximum absolute atomic E-state index is 11.3. The van der Waals surface area contributed by atoms with E-state index in [2.05, 4.69) is 4.98 Å². The van der Waals surface area contributed by atoms with Crippen molar-refractivity contribution in [1.29, 1.82) is 0 Å². The Kier molecular flexibility index (Phi) is 3.18. The number of benzene rings is 1. The summed E-state index contributed by atoms with van der Waals surface area (Å²) in [6.45, 7) is 1.83. The number of fused-ring (bicyclic) bond motifs is 1. The van der Waals surface area contributed by atoms with Crippen LogP contribution >= 0.6 is 23.1 Å². The highest BCUT2D eigenvalue weighted by atomic mass is 32.2. The van der Waals surface area contributed by atoms with Crippen LogP contribution in [0.5, 0.6) is 0 Å². The van der Waals surface area contributed by atoms with Gasteiger partial charge in [0.25, 0.3) is 0 Å². The molecular formula is C11H9NOS2. The average molecular weight is 235 g/mol. The van der Waals surface area contributed by atoms with Gasteiger partial charge in [-0.25, -0.2) is 4.98 Å². The molecule has 0 aliphatic heterocycles. The Bertz CT molecular complexity index is 483. The van der Waals surface area contributed by atoms with Crippen LogP contribution in [0, 0.1) is 0 Å². The molecule has 0 atom stereocenters. The maximum atomic E-state index is 11.3. The van der Waals surface area contributed by atoms with Crippen LogP contribution < -0.4 is 0 Å². The summed E-state index contributed by atoms with van der Waals surface area (Å²) in [4.78, 5) is 15.7. The third-order valence-corrected chi connectivity index (χ3v) is 3.70.